The standard InChI is InChI=1S/C15H20N2O2/c1-2-19-15(18)6-4-11-3-5-14-13(9-11)12(7-8-16)10-17-14/h3,5,9-10,17H,2,4,6-8,16H2,1H3. The molecule has 0 amide bonds. The number of carbonyl (C=O) groups excluding carboxylic acids is 1. The summed E-state index contributed by atoms with van der Waals surface area (Å²) in [6, 6.07) is 6.23. The first-order valence-electron chi connectivity index (χ1n) is 6.69. The number of esters is 1. The van der Waals surface area contributed by atoms with E-state index in [2.05, 4.69) is 17.1 Å². The van der Waals surface area contributed by atoms with E-state index in [0.29, 0.717) is 26.0 Å². The number of benzene rings is 1. The number of H-pyrrole nitrogens is 1. The molecule has 0 saturated carbocycles. The van der Waals surface area contributed by atoms with Crippen molar-refractivity contribution in [1.82, 2.24) is 4.98 Å². The number of nitrogens with two attached hydrogens (primary N) is 1. The minimum absolute atomic E-state index is 0.140. The van der Waals surface area contributed by atoms with Crippen molar-refractivity contribution in [3.8, 4) is 0 Å². The maximum absolute atomic E-state index is 11.4. The predicted molar refractivity (Wildman–Crippen MR) is 76.0 cm³/mol. The van der Waals surface area contributed by atoms with Gasteiger partial charge in [0, 0.05) is 23.5 Å². The van der Waals surface area contributed by atoms with Crippen LogP contribution in [0.5, 0.6) is 0 Å². The fourth-order valence-corrected chi connectivity index (χ4v) is 2.22. The minimum atomic E-state index is -0.140. The molecule has 0 aliphatic rings. The van der Waals surface area contributed by atoms with Gasteiger partial charge in [-0.3, -0.25) is 4.79 Å². The van der Waals surface area contributed by atoms with Crippen molar-refractivity contribution in [2.45, 2.75) is 26.2 Å². The van der Waals surface area contributed by atoms with Crippen molar-refractivity contribution in [1.29, 1.82) is 0 Å². The summed E-state index contributed by atoms with van der Waals surface area (Å²) < 4.78 is 4.94. The van der Waals surface area contributed by atoms with Crippen molar-refractivity contribution >= 4 is 16.9 Å². The summed E-state index contributed by atoms with van der Waals surface area (Å²) in [6.07, 6.45) is 4.01. The summed E-state index contributed by atoms with van der Waals surface area (Å²) in [5.74, 6) is -0.140. The molecule has 19 heavy (non-hydrogen) atoms. The molecule has 0 radical (unpaired) electrons. The Bertz CT molecular complexity index is 560. The van der Waals surface area contributed by atoms with Crippen LogP contribution in [0.4, 0.5) is 0 Å². The molecule has 0 aliphatic heterocycles. The first kappa shape index (κ1) is 13.6. The van der Waals surface area contributed by atoms with E-state index in [9.17, 15) is 4.79 Å². The Morgan fingerprint density at radius 1 is 1.37 bits per heavy atom. The Balaban J connectivity index is 2.11. The van der Waals surface area contributed by atoms with Crippen molar-refractivity contribution in [2.75, 3.05) is 13.2 Å². The number of rotatable bonds is 6. The number of fused-ring (bicyclic) bond motifs is 1. The molecule has 1 heterocycles. The van der Waals surface area contributed by atoms with Crippen LogP contribution in [0.25, 0.3) is 10.9 Å². The first-order valence-corrected chi connectivity index (χ1v) is 6.69. The number of hydrogen-bond acceptors (Lipinski definition) is 3. The molecule has 0 aliphatic carbocycles. The van der Waals surface area contributed by atoms with E-state index in [1.54, 1.807) is 0 Å². The molecule has 0 spiro atoms. The third-order valence-electron chi connectivity index (χ3n) is 3.17. The monoisotopic (exact) mass is 260 g/mol. The van der Waals surface area contributed by atoms with Gasteiger partial charge < -0.3 is 15.5 Å². The molecule has 102 valence electrons. The fraction of sp³-hybridized carbons (Fsp3) is 0.400. The van der Waals surface area contributed by atoms with Crippen LogP contribution in [0.15, 0.2) is 24.4 Å². The van der Waals surface area contributed by atoms with Gasteiger partial charge >= 0.3 is 5.97 Å². The van der Waals surface area contributed by atoms with E-state index in [1.165, 1.54) is 10.9 Å². The van der Waals surface area contributed by atoms with E-state index in [-0.39, 0.29) is 5.97 Å². The molecular formula is C15H20N2O2. The van der Waals surface area contributed by atoms with Gasteiger partial charge in [-0.05, 0) is 49.6 Å². The second-order valence-corrected chi connectivity index (χ2v) is 4.54. The van der Waals surface area contributed by atoms with Gasteiger partial charge in [-0.15, -0.1) is 0 Å². The van der Waals surface area contributed by atoms with Gasteiger partial charge in [0.2, 0.25) is 0 Å². The lowest BCUT2D eigenvalue weighted by Gasteiger charge is -2.03. The molecule has 2 aromatic rings. The third kappa shape index (κ3) is 3.35. The summed E-state index contributed by atoms with van der Waals surface area (Å²) in [7, 11) is 0. The van der Waals surface area contributed by atoms with Crippen LogP contribution < -0.4 is 5.73 Å². The Hall–Kier alpha value is -1.81. The number of aryl methyl sites for hydroxylation is 1. The summed E-state index contributed by atoms with van der Waals surface area (Å²) in [4.78, 5) is 14.6. The summed E-state index contributed by atoms with van der Waals surface area (Å²) in [5.41, 5.74) is 9.10. The van der Waals surface area contributed by atoms with E-state index in [0.717, 1.165) is 17.5 Å². The largest absolute Gasteiger partial charge is 0.466 e. The van der Waals surface area contributed by atoms with Crippen LogP contribution in [0.2, 0.25) is 0 Å². The Morgan fingerprint density at radius 3 is 2.95 bits per heavy atom. The van der Waals surface area contributed by atoms with Crippen LogP contribution in [-0.4, -0.2) is 24.1 Å². The average Bonchev–Trinajstić information content (AvgIpc) is 2.80. The van der Waals surface area contributed by atoms with Crippen molar-refractivity contribution in [2.24, 2.45) is 5.73 Å². The normalized spacial score (nSPS) is 10.8. The van der Waals surface area contributed by atoms with Gasteiger partial charge in [0.25, 0.3) is 0 Å². The molecule has 4 heteroatoms. The smallest absolute Gasteiger partial charge is 0.306 e. The van der Waals surface area contributed by atoms with Crippen LogP contribution in [0.3, 0.4) is 0 Å². The molecule has 0 atom stereocenters. The number of carbonyl (C=O) groups is 1. The molecular weight excluding hydrogens is 240 g/mol. The predicted octanol–water partition coefficient (Wildman–Crippen LogP) is 2.16. The second kappa shape index (κ2) is 6.38. The highest BCUT2D eigenvalue weighted by Crippen LogP contribution is 2.21. The maximum Gasteiger partial charge on any atom is 0.306 e. The Kier molecular flexibility index (Phi) is 4.58. The van der Waals surface area contributed by atoms with E-state index in [1.807, 2.05) is 19.2 Å². The average molecular weight is 260 g/mol. The molecule has 1 aromatic carbocycles. The third-order valence-corrected chi connectivity index (χ3v) is 3.17. The van der Waals surface area contributed by atoms with Crippen molar-refractivity contribution in [3.63, 3.8) is 0 Å². The molecule has 4 nitrogen and oxygen atoms in total. The van der Waals surface area contributed by atoms with Crippen molar-refractivity contribution < 1.29 is 9.53 Å². The zero-order chi connectivity index (χ0) is 13.7. The molecule has 0 bridgehead atoms. The van der Waals surface area contributed by atoms with Crippen LogP contribution in [0, 0.1) is 0 Å². The van der Waals surface area contributed by atoms with E-state index >= 15 is 0 Å². The summed E-state index contributed by atoms with van der Waals surface area (Å²) >= 11 is 0. The van der Waals surface area contributed by atoms with Gasteiger partial charge in [0.15, 0.2) is 0 Å². The molecule has 0 saturated heterocycles. The molecule has 1 aromatic heterocycles. The Labute approximate surface area is 112 Å². The molecule has 2 rings (SSSR count). The second-order valence-electron chi connectivity index (χ2n) is 4.54. The first-order chi connectivity index (χ1) is 9.24. The SMILES string of the molecule is CCOC(=O)CCc1ccc2[nH]cc(CCN)c2c1. The van der Waals surface area contributed by atoms with Crippen LogP contribution in [0.1, 0.15) is 24.5 Å². The summed E-state index contributed by atoms with van der Waals surface area (Å²) in [6.45, 7) is 2.90. The quantitative estimate of drug-likeness (QED) is 0.782. The lowest BCUT2D eigenvalue weighted by molar-refractivity contribution is -0.143. The number of nitrogens with one attached hydrogen (secondary N) is 1. The number of ether oxygens (including phenoxy) is 1. The fourth-order valence-electron chi connectivity index (χ4n) is 2.22. The van der Waals surface area contributed by atoms with Crippen LogP contribution >= 0.6 is 0 Å². The zero-order valence-electron chi connectivity index (χ0n) is 11.2. The minimum Gasteiger partial charge on any atom is -0.466 e. The maximum atomic E-state index is 11.4. The number of aromatic nitrogens is 1. The van der Waals surface area contributed by atoms with Crippen molar-refractivity contribution in [3.05, 3.63) is 35.5 Å². The zero-order valence-corrected chi connectivity index (χ0v) is 11.2. The molecule has 3 N–H and O–H groups in total. The Morgan fingerprint density at radius 2 is 2.21 bits per heavy atom. The van der Waals surface area contributed by atoms with E-state index < -0.39 is 0 Å². The van der Waals surface area contributed by atoms with Gasteiger partial charge in [-0.25, -0.2) is 0 Å². The number of aromatic amines is 1. The van der Waals surface area contributed by atoms with Gasteiger partial charge in [-0.2, -0.15) is 0 Å². The highest BCUT2D eigenvalue weighted by Gasteiger charge is 2.06. The lowest BCUT2D eigenvalue weighted by Crippen LogP contribution is -2.05. The molecule has 0 unspecified atom stereocenters. The van der Waals surface area contributed by atoms with Crippen LogP contribution in [-0.2, 0) is 22.4 Å². The van der Waals surface area contributed by atoms with E-state index in [4.69, 9.17) is 10.5 Å². The highest BCUT2D eigenvalue weighted by atomic mass is 16.5. The van der Waals surface area contributed by atoms with Gasteiger partial charge in [-0.1, -0.05) is 6.07 Å². The lowest BCUT2D eigenvalue weighted by atomic mass is 10.0. The highest BCUT2D eigenvalue weighted by molar-refractivity contribution is 5.84. The summed E-state index contributed by atoms with van der Waals surface area (Å²) in [5, 5.41) is 1.20. The number of hydrogen-bond donors (Lipinski definition) is 2. The van der Waals surface area contributed by atoms with Gasteiger partial charge in [0.1, 0.15) is 0 Å². The topological polar surface area (TPSA) is 68.1 Å². The molecule has 0 fully saturated rings. The van der Waals surface area contributed by atoms with Gasteiger partial charge in [0.05, 0.1) is 6.61 Å².